The number of nitrogens with zero attached hydrogens (tertiary/aromatic N) is 1. The molecule has 2 aromatic carbocycles. The average molecular weight is 373 g/mol. The largest absolute Gasteiger partial charge is 0.382 e. The predicted octanol–water partition coefficient (Wildman–Crippen LogP) is 3.78. The molecule has 142 valence electrons. The van der Waals surface area contributed by atoms with E-state index in [0.29, 0.717) is 5.39 Å². The Labute approximate surface area is 163 Å². The molecule has 2 heterocycles. The van der Waals surface area contributed by atoms with Crippen molar-refractivity contribution in [3.8, 4) is 0 Å². The van der Waals surface area contributed by atoms with E-state index in [9.17, 15) is 4.79 Å². The third-order valence-corrected chi connectivity index (χ3v) is 4.73. The summed E-state index contributed by atoms with van der Waals surface area (Å²) in [7, 11) is 0. The van der Waals surface area contributed by atoms with Gasteiger partial charge < -0.3 is 10.6 Å². The van der Waals surface area contributed by atoms with Crippen LogP contribution in [0.2, 0.25) is 0 Å². The van der Waals surface area contributed by atoms with Crippen LogP contribution in [0.1, 0.15) is 12.0 Å². The van der Waals surface area contributed by atoms with E-state index in [0.717, 1.165) is 36.4 Å². The predicted molar refractivity (Wildman–Crippen MR) is 114 cm³/mol. The van der Waals surface area contributed by atoms with Crippen LogP contribution >= 0.6 is 0 Å². The molecule has 0 fully saturated rings. The lowest BCUT2D eigenvalue weighted by Gasteiger charge is -2.21. The van der Waals surface area contributed by atoms with Crippen molar-refractivity contribution < 1.29 is 0 Å². The number of aromatic nitrogens is 3. The topological polar surface area (TPSA) is 85.6 Å². The Morgan fingerprint density at radius 2 is 1.82 bits per heavy atom. The number of pyridine rings is 1. The van der Waals surface area contributed by atoms with E-state index >= 15 is 0 Å². The number of hydrogen-bond acceptors (Lipinski definition) is 4. The van der Waals surface area contributed by atoms with Gasteiger partial charge >= 0.3 is 0 Å². The smallest absolute Gasteiger partial charge is 0.271 e. The van der Waals surface area contributed by atoms with Crippen LogP contribution in [-0.4, -0.2) is 27.8 Å². The molecule has 0 aliphatic rings. The lowest BCUT2D eigenvalue weighted by molar-refractivity contribution is 0.669. The van der Waals surface area contributed by atoms with Crippen LogP contribution in [-0.2, 0) is 6.42 Å². The van der Waals surface area contributed by atoms with Gasteiger partial charge in [0.15, 0.2) is 0 Å². The number of H-pyrrole nitrogens is 2. The standard InChI is InChI=1S/C22H23N5O/c28-22-19-10-9-17(15-20(19)26-27-22)25-18(14-16-6-2-1-3-7-16)11-13-24-21-8-4-5-12-23-21/h1-10,12,15,18,25H,11,13-14H2,(H,23,24)(H2,26,27,28). The monoisotopic (exact) mass is 373 g/mol. The molecule has 0 radical (unpaired) electrons. The fraction of sp³-hybridized carbons (Fsp3) is 0.182. The molecule has 0 amide bonds. The molecule has 2 aromatic heterocycles. The Kier molecular flexibility index (Phi) is 5.38. The van der Waals surface area contributed by atoms with Gasteiger partial charge in [0.25, 0.3) is 5.56 Å². The normalized spacial score (nSPS) is 12.0. The summed E-state index contributed by atoms with van der Waals surface area (Å²) in [4.78, 5) is 16.0. The van der Waals surface area contributed by atoms with Crippen LogP contribution in [0.15, 0.2) is 77.7 Å². The molecule has 0 saturated heterocycles. The van der Waals surface area contributed by atoms with E-state index in [1.54, 1.807) is 6.20 Å². The van der Waals surface area contributed by atoms with Crippen LogP contribution in [0, 0.1) is 0 Å². The molecule has 4 aromatic rings. The van der Waals surface area contributed by atoms with Crippen molar-refractivity contribution in [2.45, 2.75) is 18.9 Å². The molecule has 0 saturated carbocycles. The number of hydrogen-bond donors (Lipinski definition) is 4. The SMILES string of the molecule is O=c1[nH][nH]c2cc(NC(CCNc3ccccn3)Cc3ccccc3)ccc12. The zero-order valence-corrected chi connectivity index (χ0v) is 15.5. The minimum atomic E-state index is -0.0954. The molecule has 0 spiro atoms. The highest BCUT2D eigenvalue weighted by Gasteiger charge is 2.11. The van der Waals surface area contributed by atoms with Crippen LogP contribution in [0.4, 0.5) is 11.5 Å². The Morgan fingerprint density at radius 3 is 2.64 bits per heavy atom. The molecular weight excluding hydrogens is 350 g/mol. The van der Waals surface area contributed by atoms with Gasteiger partial charge in [-0.15, -0.1) is 0 Å². The maximum Gasteiger partial charge on any atom is 0.271 e. The first-order valence-corrected chi connectivity index (χ1v) is 9.44. The highest BCUT2D eigenvalue weighted by atomic mass is 16.1. The van der Waals surface area contributed by atoms with Gasteiger partial charge in [-0.3, -0.25) is 15.0 Å². The van der Waals surface area contributed by atoms with Crippen LogP contribution in [0.5, 0.6) is 0 Å². The minimum absolute atomic E-state index is 0.0954. The van der Waals surface area contributed by atoms with E-state index in [1.165, 1.54) is 5.56 Å². The lowest BCUT2D eigenvalue weighted by atomic mass is 10.0. The van der Waals surface area contributed by atoms with E-state index < -0.39 is 0 Å². The second kappa shape index (κ2) is 8.43. The molecule has 4 rings (SSSR count). The van der Waals surface area contributed by atoms with E-state index in [2.05, 4.69) is 50.1 Å². The fourth-order valence-corrected chi connectivity index (χ4v) is 3.33. The van der Waals surface area contributed by atoms with Gasteiger partial charge in [-0.1, -0.05) is 36.4 Å². The zero-order chi connectivity index (χ0) is 19.2. The summed E-state index contributed by atoms with van der Waals surface area (Å²) in [5.74, 6) is 0.882. The minimum Gasteiger partial charge on any atom is -0.382 e. The summed E-state index contributed by atoms with van der Waals surface area (Å²) >= 11 is 0. The maximum absolute atomic E-state index is 11.7. The number of anilines is 2. The molecular formula is C22H23N5O. The van der Waals surface area contributed by atoms with Crippen LogP contribution in [0.25, 0.3) is 10.9 Å². The van der Waals surface area contributed by atoms with Crippen LogP contribution in [0.3, 0.4) is 0 Å². The summed E-state index contributed by atoms with van der Waals surface area (Å²) in [6.07, 6.45) is 3.62. The number of aromatic amines is 2. The summed E-state index contributed by atoms with van der Waals surface area (Å²) in [5, 5.41) is 13.2. The van der Waals surface area contributed by atoms with E-state index in [1.807, 2.05) is 42.5 Å². The zero-order valence-electron chi connectivity index (χ0n) is 15.5. The second-order valence-corrected chi connectivity index (χ2v) is 6.80. The summed E-state index contributed by atoms with van der Waals surface area (Å²) in [5.41, 5.74) is 2.98. The van der Waals surface area contributed by atoms with Crippen molar-refractivity contribution in [2.24, 2.45) is 0 Å². The molecule has 1 atom stereocenters. The molecule has 0 bridgehead atoms. The molecule has 1 unspecified atom stereocenters. The Balaban J connectivity index is 1.46. The first kappa shape index (κ1) is 17.9. The summed E-state index contributed by atoms with van der Waals surface area (Å²) < 4.78 is 0. The van der Waals surface area contributed by atoms with Gasteiger partial charge in [-0.2, -0.15) is 0 Å². The molecule has 4 N–H and O–H groups in total. The van der Waals surface area contributed by atoms with E-state index in [4.69, 9.17) is 0 Å². The number of fused-ring (bicyclic) bond motifs is 1. The first-order valence-electron chi connectivity index (χ1n) is 9.44. The highest BCUT2D eigenvalue weighted by molar-refractivity contribution is 5.81. The fourth-order valence-electron chi connectivity index (χ4n) is 3.33. The van der Waals surface area contributed by atoms with Crippen molar-refractivity contribution >= 4 is 22.4 Å². The molecule has 28 heavy (non-hydrogen) atoms. The van der Waals surface area contributed by atoms with Gasteiger partial charge in [0.2, 0.25) is 0 Å². The summed E-state index contributed by atoms with van der Waals surface area (Å²) in [6.45, 7) is 0.810. The van der Waals surface area contributed by atoms with Gasteiger partial charge in [-0.25, -0.2) is 4.98 Å². The van der Waals surface area contributed by atoms with Gasteiger partial charge in [-0.05, 0) is 48.7 Å². The van der Waals surface area contributed by atoms with Crippen molar-refractivity contribution in [1.82, 2.24) is 15.2 Å². The van der Waals surface area contributed by atoms with Crippen LogP contribution < -0.4 is 16.2 Å². The van der Waals surface area contributed by atoms with E-state index in [-0.39, 0.29) is 11.6 Å². The third kappa shape index (κ3) is 4.40. The summed E-state index contributed by atoms with van der Waals surface area (Å²) in [6, 6.07) is 22.3. The molecule has 6 nitrogen and oxygen atoms in total. The van der Waals surface area contributed by atoms with Gasteiger partial charge in [0.05, 0.1) is 10.9 Å². The Hall–Kier alpha value is -3.54. The molecule has 6 heteroatoms. The number of rotatable bonds is 8. The lowest BCUT2D eigenvalue weighted by Crippen LogP contribution is -2.25. The van der Waals surface area contributed by atoms with Crippen molar-refractivity contribution in [1.29, 1.82) is 0 Å². The maximum atomic E-state index is 11.7. The second-order valence-electron chi connectivity index (χ2n) is 6.80. The average Bonchev–Trinajstić information content (AvgIpc) is 3.10. The van der Waals surface area contributed by atoms with Gasteiger partial charge in [0, 0.05) is 24.5 Å². The molecule has 0 aliphatic carbocycles. The third-order valence-electron chi connectivity index (χ3n) is 4.73. The van der Waals surface area contributed by atoms with Crippen molar-refractivity contribution in [2.75, 3.05) is 17.2 Å². The Morgan fingerprint density at radius 1 is 0.964 bits per heavy atom. The Bertz CT molecular complexity index is 1070. The van der Waals surface area contributed by atoms with Gasteiger partial charge in [0.1, 0.15) is 5.82 Å². The number of benzene rings is 2. The highest BCUT2D eigenvalue weighted by Crippen LogP contribution is 2.18. The molecule has 0 aliphatic heterocycles. The van der Waals surface area contributed by atoms with Crippen molar-refractivity contribution in [3.05, 3.63) is 88.8 Å². The first-order chi connectivity index (χ1) is 13.8. The number of nitrogens with one attached hydrogen (secondary N) is 4. The van der Waals surface area contributed by atoms with Crippen molar-refractivity contribution in [3.63, 3.8) is 0 Å². The quantitative estimate of drug-likeness (QED) is 0.379.